The van der Waals surface area contributed by atoms with Crippen LogP contribution >= 0.6 is 0 Å². The van der Waals surface area contributed by atoms with Crippen molar-refractivity contribution in [2.75, 3.05) is 14.2 Å². The zero-order valence-electron chi connectivity index (χ0n) is 29.9. The molecule has 0 saturated carbocycles. The van der Waals surface area contributed by atoms with Crippen LogP contribution in [0.2, 0.25) is 0 Å². The van der Waals surface area contributed by atoms with E-state index in [1.807, 2.05) is 52.6 Å². The summed E-state index contributed by atoms with van der Waals surface area (Å²) in [6.45, 7) is 1.44. The summed E-state index contributed by atoms with van der Waals surface area (Å²) in [7, 11) is 3.11. The van der Waals surface area contributed by atoms with E-state index in [1.165, 1.54) is 11.1 Å². The van der Waals surface area contributed by atoms with Crippen molar-refractivity contribution in [2.24, 2.45) is 9.98 Å². The third kappa shape index (κ3) is 6.11. The van der Waals surface area contributed by atoms with Crippen molar-refractivity contribution >= 4 is 35.6 Å². The first-order valence-electron chi connectivity index (χ1n) is 17.9. The van der Waals surface area contributed by atoms with Crippen LogP contribution in [0.1, 0.15) is 54.1 Å². The van der Waals surface area contributed by atoms with Crippen LogP contribution in [-0.2, 0) is 39.1 Å². The largest absolute Gasteiger partial charge is 0.493 e. The number of amides is 2. The summed E-state index contributed by atoms with van der Waals surface area (Å²) in [5.74, 6) is 1.65. The fourth-order valence-electron chi connectivity index (χ4n) is 7.67. The number of methoxy groups -OCH3 is 2. The predicted octanol–water partition coefficient (Wildman–Crippen LogP) is 6.82. The molecule has 1 unspecified atom stereocenters. The van der Waals surface area contributed by atoms with Gasteiger partial charge in [0, 0.05) is 61.2 Å². The number of ether oxygens (including phenoxy) is 4. The van der Waals surface area contributed by atoms with E-state index < -0.39 is 0 Å². The Hall–Kier alpha value is -6.49. The van der Waals surface area contributed by atoms with Gasteiger partial charge in [0.2, 0.25) is 0 Å². The summed E-state index contributed by atoms with van der Waals surface area (Å²) in [5.41, 5.74) is 8.41. The number of benzene rings is 4. The highest BCUT2D eigenvalue weighted by Crippen LogP contribution is 2.40. The molecule has 11 nitrogen and oxygen atoms in total. The van der Waals surface area contributed by atoms with Crippen molar-refractivity contribution < 1.29 is 28.5 Å². The Morgan fingerprint density at radius 1 is 0.593 bits per heavy atom. The van der Waals surface area contributed by atoms with E-state index in [9.17, 15) is 9.59 Å². The van der Waals surface area contributed by atoms with Crippen LogP contribution in [0.3, 0.4) is 0 Å². The van der Waals surface area contributed by atoms with E-state index in [0.29, 0.717) is 71.4 Å². The first kappa shape index (κ1) is 33.4. The summed E-state index contributed by atoms with van der Waals surface area (Å²) in [6, 6.07) is 25.1. The minimum Gasteiger partial charge on any atom is -0.493 e. The normalized spacial score (nSPS) is 17.9. The number of fused-ring (bicyclic) bond motifs is 6. The van der Waals surface area contributed by atoms with Gasteiger partial charge in [0.15, 0.2) is 23.0 Å². The van der Waals surface area contributed by atoms with Gasteiger partial charge in [-0.05, 0) is 53.3 Å². The molecule has 270 valence electrons. The number of pyridine rings is 1. The van der Waals surface area contributed by atoms with Gasteiger partial charge in [-0.15, -0.1) is 0 Å². The average molecular weight is 720 g/mol. The Balaban J connectivity index is 0.897. The number of carbonyl (C=O) groups is 2. The van der Waals surface area contributed by atoms with Crippen molar-refractivity contribution in [3.8, 4) is 23.0 Å². The van der Waals surface area contributed by atoms with Crippen molar-refractivity contribution in [3.63, 3.8) is 0 Å². The molecule has 1 aromatic heterocycles. The summed E-state index contributed by atoms with van der Waals surface area (Å²) in [4.78, 5) is 45.2. The maximum atomic E-state index is 13.8. The fraction of sp³-hybridized carbons (Fsp3) is 0.233. The number of hydrogen-bond donors (Lipinski definition) is 0. The highest BCUT2D eigenvalue weighted by molar-refractivity contribution is 6.04. The Morgan fingerprint density at radius 3 is 1.48 bits per heavy atom. The maximum absolute atomic E-state index is 13.8. The first-order valence-corrected chi connectivity index (χ1v) is 17.9. The quantitative estimate of drug-likeness (QED) is 0.173. The molecule has 0 N–H and O–H groups in total. The lowest BCUT2D eigenvalue weighted by atomic mass is 9.94. The smallest absolute Gasteiger partial charge is 0.257 e. The lowest BCUT2D eigenvalue weighted by Gasteiger charge is -2.34. The molecule has 5 aromatic rings. The topological polar surface area (TPSA) is 115 Å². The second kappa shape index (κ2) is 13.8. The standard InChI is InChI=1S/C43H37N5O6/c1-51-38-14-34-36(45-20-32-12-28-7-3-5-9-30(28)22-47(32)42(34)49)16-40(38)53-24-26-11-27(19-44-18-26)25-54-41-17-37-35(15-39(41)52-2)43(50)48-23-31-10-6-4-8-29(31)13-33(48)21-46-37/h3-11,14-21,32-33H,12-13,22-25H2,1-2H3/t32-,33?/m0/s1. The number of nitrogens with zero attached hydrogens (tertiary/aromatic N) is 5. The van der Waals surface area contributed by atoms with Gasteiger partial charge in [-0.25, -0.2) is 0 Å². The van der Waals surface area contributed by atoms with Gasteiger partial charge < -0.3 is 28.7 Å². The van der Waals surface area contributed by atoms with E-state index in [-0.39, 0.29) is 37.1 Å². The van der Waals surface area contributed by atoms with E-state index in [2.05, 4.69) is 29.2 Å². The molecule has 0 spiro atoms. The van der Waals surface area contributed by atoms with E-state index in [4.69, 9.17) is 28.9 Å². The van der Waals surface area contributed by atoms with Gasteiger partial charge in [0.25, 0.3) is 11.8 Å². The Kier molecular flexibility index (Phi) is 8.53. The molecule has 0 fully saturated rings. The predicted molar refractivity (Wildman–Crippen MR) is 203 cm³/mol. The van der Waals surface area contributed by atoms with Crippen molar-refractivity contribution in [1.29, 1.82) is 0 Å². The molecule has 11 heteroatoms. The summed E-state index contributed by atoms with van der Waals surface area (Å²) in [6.07, 6.45) is 8.61. The van der Waals surface area contributed by atoms with Crippen molar-refractivity contribution in [1.82, 2.24) is 14.8 Å². The molecular weight excluding hydrogens is 683 g/mol. The van der Waals surface area contributed by atoms with Gasteiger partial charge in [-0.3, -0.25) is 24.6 Å². The van der Waals surface area contributed by atoms with Crippen LogP contribution in [0.25, 0.3) is 0 Å². The van der Waals surface area contributed by atoms with Gasteiger partial charge in [0.05, 0.1) is 48.8 Å². The molecule has 0 radical (unpaired) electrons. The Labute approximate surface area is 312 Å². The Bertz CT molecular complexity index is 2210. The molecule has 2 amide bonds. The number of hydrogen-bond acceptors (Lipinski definition) is 9. The monoisotopic (exact) mass is 719 g/mol. The SMILES string of the molecule is COc1cc2c(cc1OCc1cncc(COc3cc4c(cc3OC)C(=O)N3Cc5ccccc5C[C@H]3C=N4)c1)N=CC1Cc3ccccc3CN1C2=O. The molecule has 4 aliphatic heterocycles. The molecule has 5 heterocycles. The van der Waals surface area contributed by atoms with E-state index in [1.54, 1.807) is 50.9 Å². The van der Waals surface area contributed by atoms with E-state index in [0.717, 1.165) is 22.3 Å². The zero-order chi connectivity index (χ0) is 36.8. The summed E-state index contributed by atoms with van der Waals surface area (Å²) >= 11 is 0. The van der Waals surface area contributed by atoms with Crippen LogP contribution in [-0.4, -0.2) is 65.3 Å². The number of rotatable bonds is 8. The molecular formula is C43H37N5O6. The average Bonchev–Trinajstić information content (AvgIpc) is 3.42. The second-order valence-electron chi connectivity index (χ2n) is 13.8. The first-order chi connectivity index (χ1) is 26.4. The minimum atomic E-state index is -0.132. The maximum Gasteiger partial charge on any atom is 0.257 e. The summed E-state index contributed by atoms with van der Waals surface area (Å²) in [5, 5.41) is 0. The van der Waals surface area contributed by atoms with Crippen LogP contribution in [0.5, 0.6) is 23.0 Å². The molecule has 54 heavy (non-hydrogen) atoms. The number of carbonyl (C=O) groups excluding carboxylic acids is 2. The third-order valence-electron chi connectivity index (χ3n) is 10.5. The lowest BCUT2D eigenvalue weighted by molar-refractivity contribution is 0.0696. The Morgan fingerprint density at radius 2 is 1.04 bits per heavy atom. The van der Waals surface area contributed by atoms with Gasteiger partial charge in [-0.1, -0.05) is 48.5 Å². The molecule has 0 bridgehead atoms. The molecule has 0 saturated heterocycles. The van der Waals surface area contributed by atoms with Crippen LogP contribution in [0.15, 0.2) is 101 Å². The highest BCUT2D eigenvalue weighted by Gasteiger charge is 2.35. The minimum absolute atomic E-state index is 0.0879. The molecule has 2 atom stereocenters. The van der Waals surface area contributed by atoms with Crippen molar-refractivity contribution in [2.45, 2.75) is 51.2 Å². The van der Waals surface area contributed by atoms with Gasteiger partial charge in [0.1, 0.15) is 13.2 Å². The van der Waals surface area contributed by atoms with Crippen molar-refractivity contribution in [3.05, 3.63) is 136 Å². The zero-order valence-corrected chi connectivity index (χ0v) is 29.9. The molecule has 4 aromatic carbocycles. The lowest BCUT2D eigenvalue weighted by Crippen LogP contribution is -2.44. The van der Waals surface area contributed by atoms with Crippen LogP contribution < -0.4 is 18.9 Å². The van der Waals surface area contributed by atoms with Gasteiger partial charge in [-0.2, -0.15) is 0 Å². The summed E-state index contributed by atoms with van der Waals surface area (Å²) < 4.78 is 23.9. The second-order valence-corrected chi connectivity index (χ2v) is 13.8. The fourth-order valence-corrected chi connectivity index (χ4v) is 7.67. The molecule has 0 aliphatic carbocycles. The van der Waals surface area contributed by atoms with Crippen LogP contribution in [0, 0.1) is 0 Å². The van der Waals surface area contributed by atoms with Gasteiger partial charge >= 0.3 is 0 Å². The number of aliphatic imine (C=N–C) groups is 2. The highest BCUT2D eigenvalue weighted by atomic mass is 16.5. The van der Waals surface area contributed by atoms with E-state index >= 15 is 0 Å². The number of aromatic nitrogens is 1. The van der Waals surface area contributed by atoms with Crippen LogP contribution in [0.4, 0.5) is 11.4 Å². The molecule has 4 aliphatic rings. The molecule has 9 rings (SSSR count). The third-order valence-corrected chi connectivity index (χ3v) is 10.5.